The third kappa shape index (κ3) is 3.81. The fraction of sp³-hybridized carbons (Fsp3) is 0.417. The molecule has 0 fully saturated rings. The van der Waals surface area contributed by atoms with Crippen molar-refractivity contribution in [1.29, 1.82) is 0 Å². The van der Waals surface area contributed by atoms with Gasteiger partial charge in [-0.15, -0.1) is 11.6 Å². The van der Waals surface area contributed by atoms with Crippen LogP contribution in [0.2, 0.25) is 0 Å². The van der Waals surface area contributed by atoms with Crippen LogP contribution < -0.4 is 5.32 Å². The maximum atomic E-state index is 13.2. The van der Waals surface area contributed by atoms with E-state index in [0.717, 1.165) is 12.8 Å². The highest BCUT2D eigenvalue weighted by Gasteiger charge is 2.06. The average Bonchev–Trinajstić information content (AvgIpc) is 2.28. The van der Waals surface area contributed by atoms with Gasteiger partial charge in [-0.25, -0.2) is 4.39 Å². The zero-order chi connectivity index (χ0) is 12.0. The van der Waals surface area contributed by atoms with E-state index in [0.29, 0.717) is 23.6 Å². The SMILES string of the molecule is Cc1ccc(C(=O)NCCCCCl)cc1F. The fourth-order valence-corrected chi connectivity index (χ4v) is 1.45. The van der Waals surface area contributed by atoms with Crippen LogP contribution in [-0.4, -0.2) is 18.3 Å². The van der Waals surface area contributed by atoms with Crippen molar-refractivity contribution < 1.29 is 9.18 Å². The molecule has 1 rings (SSSR count). The number of alkyl halides is 1. The molecule has 0 radical (unpaired) electrons. The Labute approximate surface area is 99.8 Å². The van der Waals surface area contributed by atoms with Gasteiger partial charge in [0.1, 0.15) is 5.82 Å². The molecular formula is C12H15ClFNO. The Balaban J connectivity index is 2.50. The van der Waals surface area contributed by atoms with E-state index in [1.54, 1.807) is 19.1 Å². The van der Waals surface area contributed by atoms with E-state index in [4.69, 9.17) is 11.6 Å². The lowest BCUT2D eigenvalue weighted by atomic mass is 10.1. The summed E-state index contributed by atoms with van der Waals surface area (Å²) in [5, 5.41) is 2.72. The van der Waals surface area contributed by atoms with Crippen LogP contribution in [0.1, 0.15) is 28.8 Å². The molecule has 0 aliphatic rings. The molecule has 0 unspecified atom stereocenters. The van der Waals surface area contributed by atoms with E-state index in [1.807, 2.05) is 0 Å². The predicted octanol–water partition coefficient (Wildman–Crippen LogP) is 2.88. The van der Waals surface area contributed by atoms with Crippen LogP contribution in [0.4, 0.5) is 4.39 Å². The minimum Gasteiger partial charge on any atom is -0.352 e. The molecular weight excluding hydrogens is 229 g/mol. The number of nitrogens with one attached hydrogen (secondary N) is 1. The van der Waals surface area contributed by atoms with Gasteiger partial charge in [-0.3, -0.25) is 4.79 Å². The van der Waals surface area contributed by atoms with Gasteiger partial charge in [-0.2, -0.15) is 0 Å². The van der Waals surface area contributed by atoms with Crippen LogP contribution in [0.3, 0.4) is 0 Å². The summed E-state index contributed by atoms with van der Waals surface area (Å²) in [7, 11) is 0. The molecule has 0 bridgehead atoms. The predicted molar refractivity (Wildman–Crippen MR) is 63.4 cm³/mol. The Kier molecular flexibility index (Phi) is 5.26. The van der Waals surface area contributed by atoms with Crippen LogP contribution in [-0.2, 0) is 0 Å². The summed E-state index contributed by atoms with van der Waals surface area (Å²) >= 11 is 5.51. The minimum absolute atomic E-state index is 0.242. The van der Waals surface area contributed by atoms with Crippen LogP contribution >= 0.6 is 11.6 Å². The molecule has 1 amide bonds. The lowest BCUT2D eigenvalue weighted by Crippen LogP contribution is -2.24. The monoisotopic (exact) mass is 243 g/mol. The first-order valence-corrected chi connectivity index (χ1v) is 5.79. The number of unbranched alkanes of at least 4 members (excludes halogenated alkanes) is 1. The standard InChI is InChI=1S/C12H15ClFNO/c1-9-4-5-10(8-11(9)14)12(16)15-7-3-2-6-13/h4-5,8H,2-3,6-7H2,1H3,(H,15,16). The first-order chi connectivity index (χ1) is 7.65. The third-order valence-electron chi connectivity index (χ3n) is 2.28. The molecule has 0 aromatic heterocycles. The van der Waals surface area contributed by atoms with Crippen molar-refractivity contribution in [1.82, 2.24) is 5.32 Å². The largest absolute Gasteiger partial charge is 0.352 e. The van der Waals surface area contributed by atoms with E-state index >= 15 is 0 Å². The second-order valence-electron chi connectivity index (χ2n) is 3.62. The van der Waals surface area contributed by atoms with Gasteiger partial charge < -0.3 is 5.32 Å². The van der Waals surface area contributed by atoms with Gasteiger partial charge >= 0.3 is 0 Å². The molecule has 88 valence electrons. The Morgan fingerprint density at radius 3 is 2.81 bits per heavy atom. The van der Waals surface area contributed by atoms with Crippen molar-refractivity contribution in [3.05, 3.63) is 35.1 Å². The van der Waals surface area contributed by atoms with Crippen LogP contribution in [0.5, 0.6) is 0 Å². The Bertz CT molecular complexity index is 368. The Morgan fingerprint density at radius 2 is 2.19 bits per heavy atom. The maximum Gasteiger partial charge on any atom is 0.251 e. The fourth-order valence-electron chi connectivity index (χ4n) is 1.26. The average molecular weight is 244 g/mol. The number of carbonyl (C=O) groups excluding carboxylic acids is 1. The quantitative estimate of drug-likeness (QED) is 0.625. The van der Waals surface area contributed by atoms with Crippen molar-refractivity contribution in [2.45, 2.75) is 19.8 Å². The van der Waals surface area contributed by atoms with Crippen LogP contribution in [0, 0.1) is 12.7 Å². The minimum atomic E-state index is -0.353. The number of carbonyl (C=O) groups is 1. The molecule has 4 heteroatoms. The number of hydrogen-bond acceptors (Lipinski definition) is 1. The molecule has 0 atom stereocenters. The first-order valence-electron chi connectivity index (χ1n) is 5.25. The summed E-state index contributed by atoms with van der Waals surface area (Å²) < 4.78 is 13.2. The molecule has 1 aromatic rings. The number of halogens is 2. The summed E-state index contributed by atoms with van der Waals surface area (Å²) in [5.74, 6) is -0.00319. The van der Waals surface area contributed by atoms with E-state index in [9.17, 15) is 9.18 Å². The molecule has 16 heavy (non-hydrogen) atoms. The number of amides is 1. The number of rotatable bonds is 5. The normalized spacial score (nSPS) is 10.2. The van der Waals surface area contributed by atoms with Gasteiger partial charge in [0.15, 0.2) is 0 Å². The van der Waals surface area contributed by atoms with Gasteiger partial charge in [-0.05, 0) is 37.5 Å². The Hall–Kier alpha value is -1.09. The van der Waals surface area contributed by atoms with E-state index in [1.165, 1.54) is 6.07 Å². The molecule has 0 spiro atoms. The topological polar surface area (TPSA) is 29.1 Å². The summed E-state index contributed by atoms with van der Waals surface area (Å²) in [6.45, 7) is 2.23. The van der Waals surface area contributed by atoms with Crippen molar-refractivity contribution in [3.63, 3.8) is 0 Å². The van der Waals surface area contributed by atoms with Crippen molar-refractivity contribution in [2.75, 3.05) is 12.4 Å². The molecule has 1 N–H and O–H groups in total. The zero-order valence-electron chi connectivity index (χ0n) is 9.22. The second-order valence-corrected chi connectivity index (χ2v) is 3.99. The summed E-state index contributed by atoms with van der Waals surface area (Å²) in [4.78, 5) is 11.6. The van der Waals surface area contributed by atoms with Crippen LogP contribution in [0.25, 0.3) is 0 Å². The van der Waals surface area contributed by atoms with Gasteiger partial charge in [0.2, 0.25) is 0 Å². The van der Waals surface area contributed by atoms with Gasteiger partial charge in [0.05, 0.1) is 0 Å². The highest BCUT2D eigenvalue weighted by atomic mass is 35.5. The molecule has 0 aliphatic carbocycles. The summed E-state index contributed by atoms with van der Waals surface area (Å²) in [6.07, 6.45) is 1.70. The van der Waals surface area contributed by atoms with Crippen molar-refractivity contribution in [3.8, 4) is 0 Å². The molecule has 0 heterocycles. The number of hydrogen-bond donors (Lipinski definition) is 1. The number of aryl methyl sites for hydroxylation is 1. The zero-order valence-corrected chi connectivity index (χ0v) is 9.98. The first kappa shape index (κ1) is 13.0. The molecule has 0 saturated heterocycles. The molecule has 0 saturated carbocycles. The molecule has 2 nitrogen and oxygen atoms in total. The smallest absolute Gasteiger partial charge is 0.251 e. The van der Waals surface area contributed by atoms with Crippen molar-refractivity contribution >= 4 is 17.5 Å². The lowest BCUT2D eigenvalue weighted by molar-refractivity contribution is 0.0952. The highest BCUT2D eigenvalue weighted by molar-refractivity contribution is 6.17. The Morgan fingerprint density at radius 1 is 1.44 bits per heavy atom. The van der Waals surface area contributed by atoms with E-state index in [2.05, 4.69) is 5.32 Å². The van der Waals surface area contributed by atoms with Crippen LogP contribution in [0.15, 0.2) is 18.2 Å². The van der Waals surface area contributed by atoms with E-state index in [-0.39, 0.29) is 11.7 Å². The molecule has 1 aromatic carbocycles. The maximum absolute atomic E-state index is 13.2. The lowest BCUT2D eigenvalue weighted by Gasteiger charge is -2.05. The number of benzene rings is 1. The summed E-state index contributed by atoms with van der Waals surface area (Å²) in [5.41, 5.74) is 0.896. The highest BCUT2D eigenvalue weighted by Crippen LogP contribution is 2.08. The van der Waals surface area contributed by atoms with Crippen molar-refractivity contribution in [2.24, 2.45) is 0 Å². The van der Waals surface area contributed by atoms with Gasteiger partial charge in [-0.1, -0.05) is 6.07 Å². The van der Waals surface area contributed by atoms with E-state index < -0.39 is 0 Å². The summed E-state index contributed by atoms with van der Waals surface area (Å²) in [6, 6.07) is 4.48. The second kappa shape index (κ2) is 6.48. The van der Waals surface area contributed by atoms with Gasteiger partial charge in [0.25, 0.3) is 5.91 Å². The molecule has 0 aliphatic heterocycles. The van der Waals surface area contributed by atoms with Gasteiger partial charge in [0, 0.05) is 18.0 Å². The third-order valence-corrected chi connectivity index (χ3v) is 2.55.